The number of carbonyl (C=O) groups excluding carboxylic acids is 1. The van der Waals surface area contributed by atoms with Crippen LogP contribution in [0.25, 0.3) is 21.3 Å². The molecule has 0 unspecified atom stereocenters. The molecule has 0 spiro atoms. The third kappa shape index (κ3) is 3.24. The van der Waals surface area contributed by atoms with Crippen LogP contribution in [0.2, 0.25) is 0 Å². The van der Waals surface area contributed by atoms with Crippen LogP contribution in [-0.4, -0.2) is 31.5 Å². The molecule has 4 heterocycles. The number of amides is 1. The zero-order valence-electron chi connectivity index (χ0n) is 18.4. The largest absolute Gasteiger partial charge is 0.366 e. The number of aryl methyl sites for hydroxylation is 1. The number of aromatic nitrogens is 4. The zero-order valence-corrected chi connectivity index (χ0v) is 19.2. The summed E-state index contributed by atoms with van der Waals surface area (Å²) >= 11 is 1.56. The second-order valence-electron chi connectivity index (χ2n) is 8.39. The van der Waals surface area contributed by atoms with Gasteiger partial charge in [0.2, 0.25) is 5.91 Å². The van der Waals surface area contributed by atoms with Crippen LogP contribution >= 0.6 is 11.3 Å². The first-order chi connectivity index (χ1) is 16.5. The van der Waals surface area contributed by atoms with E-state index >= 15 is 0 Å². The zero-order chi connectivity index (χ0) is 23.4. The molecule has 0 bridgehead atoms. The molecule has 1 aliphatic rings. The highest BCUT2D eigenvalue weighted by Crippen LogP contribution is 2.32. The minimum atomic E-state index is -0.444. The summed E-state index contributed by atoms with van der Waals surface area (Å²) in [7, 11) is 1.87. The van der Waals surface area contributed by atoms with E-state index in [1.54, 1.807) is 29.7 Å². The van der Waals surface area contributed by atoms with Gasteiger partial charge in [0, 0.05) is 36.2 Å². The molecule has 0 atom stereocenters. The Balaban J connectivity index is 1.36. The van der Waals surface area contributed by atoms with Crippen molar-refractivity contribution in [1.29, 1.82) is 0 Å². The van der Waals surface area contributed by atoms with Crippen molar-refractivity contribution in [1.82, 2.24) is 19.3 Å². The number of nitrogens with zero attached hydrogens (tertiary/aromatic N) is 5. The number of hydrogen-bond donors (Lipinski definition) is 1. The number of fused-ring (bicyclic) bond motifs is 4. The Hall–Kier alpha value is -4.11. The number of nitrogens with two attached hydrogens (primary N) is 1. The maximum absolute atomic E-state index is 13.4. The van der Waals surface area contributed by atoms with Gasteiger partial charge in [0.1, 0.15) is 10.5 Å². The summed E-state index contributed by atoms with van der Waals surface area (Å²) in [4.78, 5) is 33.8. The van der Waals surface area contributed by atoms with Gasteiger partial charge in [0.05, 0.1) is 24.0 Å². The van der Waals surface area contributed by atoms with Crippen molar-refractivity contribution in [3.63, 3.8) is 0 Å². The third-order valence-electron chi connectivity index (χ3n) is 6.25. The fraction of sp³-hybridized carbons (Fsp3) is 0.160. The topological polar surface area (TPSA) is 108 Å². The van der Waals surface area contributed by atoms with Crippen LogP contribution in [0, 0.1) is 0 Å². The lowest BCUT2D eigenvalue weighted by Crippen LogP contribution is -2.25. The van der Waals surface area contributed by atoms with E-state index in [9.17, 15) is 9.59 Å². The maximum atomic E-state index is 13.4. The second-order valence-corrected chi connectivity index (χ2v) is 9.47. The Kier molecular flexibility index (Phi) is 4.66. The van der Waals surface area contributed by atoms with Crippen molar-refractivity contribution >= 4 is 44.7 Å². The standard InChI is InChI=1S/C25H20N6O2S/c1-30-21-19(12-28-31(25(21)33)13-17-4-2-3-16-10-27-11-18(16)17)22-24(30)29-20(34-22)9-14-5-7-15(8-6-14)23(26)32/h2-8,11-12H,9-10,13H2,1H3,(H2,26,32). The van der Waals surface area contributed by atoms with E-state index in [-0.39, 0.29) is 5.56 Å². The molecule has 2 aromatic carbocycles. The molecule has 8 nitrogen and oxygen atoms in total. The van der Waals surface area contributed by atoms with Crippen molar-refractivity contribution < 1.29 is 4.79 Å². The molecule has 1 amide bonds. The average Bonchev–Trinajstić information content (AvgIpc) is 3.53. The molecule has 0 radical (unpaired) electrons. The molecule has 5 aromatic rings. The molecule has 2 N–H and O–H groups in total. The van der Waals surface area contributed by atoms with Gasteiger partial charge in [0.15, 0.2) is 5.65 Å². The first-order valence-electron chi connectivity index (χ1n) is 10.8. The monoisotopic (exact) mass is 468 g/mol. The number of benzene rings is 2. The molecular weight excluding hydrogens is 448 g/mol. The van der Waals surface area contributed by atoms with E-state index in [1.807, 2.05) is 42.1 Å². The minimum Gasteiger partial charge on any atom is -0.366 e. The highest BCUT2D eigenvalue weighted by atomic mass is 32.1. The molecule has 34 heavy (non-hydrogen) atoms. The number of aliphatic imine (C=N–C) groups is 1. The Bertz CT molecular complexity index is 1690. The molecule has 168 valence electrons. The van der Waals surface area contributed by atoms with Crippen LogP contribution in [0.3, 0.4) is 0 Å². The first-order valence-corrected chi connectivity index (χ1v) is 11.6. The summed E-state index contributed by atoms with van der Waals surface area (Å²) in [6.07, 6.45) is 4.27. The summed E-state index contributed by atoms with van der Waals surface area (Å²) in [5.41, 5.74) is 11.4. The van der Waals surface area contributed by atoms with Gasteiger partial charge in [-0.25, -0.2) is 9.67 Å². The molecule has 0 saturated carbocycles. The van der Waals surface area contributed by atoms with Crippen LogP contribution in [0.4, 0.5) is 0 Å². The number of carbonyl (C=O) groups is 1. The van der Waals surface area contributed by atoms with E-state index in [1.165, 1.54) is 10.2 Å². The van der Waals surface area contributed by atoms with E-state index in [2.05, 4.69) is 16.2 Å². The lowest BCUT2D eigenvalue weighted by Gasteiger charge is -2.09. The van der Waals surface area contributed by atoms with Crippen LogP contribution in [-0.2, 0) is 26.6 Å². The van der Waals surface area contributed by atoms with Gasteiger partial charge >= 0.3 is 0 Å². The number of primary amides is 1. The predicted octanol–water partition coefficient (Wildman–Crippen LogP) is 3.02. The summed E-state index contributed by atoms with van der Waals surface area (Å²) in [6, 6.07) is 13.3. The summed E-state index contributed by atoms with van der Waals surface area (Å²) in [6.45, 7) is 1.07. The SMILES string of the molecule is Cn1c2nc(Cc3ccc(C(N)=O)cc3)sc2c2cnn(Cc3cccc4c3C=NC4)c(=O)c21. The van der Waals surface area contributed by atoms with Gasteiger partial charge in [0.25, 0.3) is 5.56 Å². The lowest BCUT2D eigenvalue weighted by atomic mass is 10.0. The Morgan fingerprint density at radius 3 is 2.79 bits per heavy atom. The summed E-state index contributed by atoms with van der Waals surface area (Å²) < 4.78 is 4.32. The summed E-state index contributed by atoms with van der Waals surface area (Å²) in [5, 5.41) is 6.23. The Morgan fingerprint density at radius 1 is 1.18 bits per heavy atom. The second kappa shape index (κ2) is 7.74. The van der Waals surface area contributed by atoms with Crippen LogP contribution in [0.15, 0.2) is 58.4 Å². The number of rotatable bonds is 5. The fourth-order valence-electron chi connectivity index (χ4n) is 4.49. The molecule has 1 aliphatic heterocycles. The van der Waals surface area contributed by atoms with Gasteiger partial charge in [-0.1, -0.05) is 30.3 Å². The number of hydrogen-bond acceptors (Lipinski definition) is 6. The highest BCUT2D eigenvalue weighted by molar-refractivity contribution is 7.19. The van der Waals surface area contributed by atoms with Crippen LogP contribution in [0.5, 0.6) is 0 Å². The molecule has 3 aromatic heterocycles. The smallest absolute Gasteiger partial charge is 0.291 e. The van der Waals surface area contributed by atoms with Gasteiger partial charge < -0.3 is 10.3 Å². The quantitative estimate of drug-likeness (QED) is 0.428. The molecular formula is C25H20N6O2S. The predicted molar refractivity (Wildman–Crippen MR) is 133 cm³/mol. The van der Waals surface area contributed by atoms with Gasteiger partial charge in [-0.05, 0) is 28.8 Å². The normalized spacial score (nSPS) is 12.6. The molecule has 9 heteroatoms. The Labute approximate surface area is 198 Å². The van der Waals surface area contributed by atoms with Crippen molar-refractivity contribution in [2.45, 2.75) is 19.5 Å². The van der Waals surface area contributed by atoms with Crippen molar-refractivity contribution in [2.24, 2.45) is 17.8 Å². The van der Waals surface area contributed by atoms with Crippen molar-refractivity contribution in [3.05, 3.63) is 91.8 Å². The van der Waals surface area contributed by atoms with Gasteiger partial charge in [-0.15, -0.1) is 11.3 Å². The third-order valence-corrected chi connectivity index (χ3v) is 7.33. The fourth-order valence-corrected chi connectivity index (χ4v) is 5.63. The highest BCUT2D eigenvalue weighted by Gasteiger charge is 2.19. The van der Waals surface area contributed by atoms with E-state index in [4.69, 9.17) is 10.7 Å². The van der Waals surface area contributed by atoms with Crippen LogP contribution < -0.4 is 11.3 Å². The lowest BCUT2D eigenvalue weighted by molar-refractivity contribution is 0.100. The van der Waals surface area contributed by atoms with Gasteiger partial charge in [-0.2, -0.15) is 5.10 Å². The average molecular weight is 469 g/mol. The van der Waals surface area contributed by atoms with Crippen molar-refractivity contribution in [3.8, 4) is 0 Å². The van der Waals surface area contributed by atoms with Gasteiger partial charge in [-0.3, -0.25) is 14.6 Å². The summed E-state index contributed by atoms with van der Waals surface area (Å²) in [5.74, 6) is -0.444. The molecule has 0 fully saturated rings. The van der Waals surface area contributed by atoms with Crippen molar-refractivity contribution in [2.75, 3.05) is 0 Å². The van der Waals surface area contributed by atoms with Crippen LogP contribution in [0.1, 0.15) is 37.6 Å². The van der Waals surface area contributed by atoms with E-state index in [0.717, 1.165) is 37.4 Å². The van der Waals surface area contributed by atoms with E-state index < -0.39 is 5.91 Å². The first kappa shape index (κ1) is 20.5. The maximum Gasteiger partial charge on any atom is 0.291 e. The molecule has 0 saturated heterocycles. The molecule has 6 rings (SSSR count). The van der Waals surface area contributed by atoms with E-state index in [0.29, 0.717) is 30.6 Å². The molecule has 0 aliphatic carbocycles. The Morgan fingerprint density at radius 2 is 2.00 bits per heavy atom. The number of thiazole rings is 1. The minimum absolute atomic E-state index is 0.138.